The van der Waals surface area contributed by atoms with Crippen molar-refractivity contribution in [3.05, 3.63) is 79.2 Å². The molecule has 5 rings (SSSR count). The Morgan fingerprint density at radius 1 is 0.524 bits per heavy atom. The normalized spacial score (nSPS) is 12.0. The van der Waals surface area contributed by atoms with Crippen molar-refractivity contribution < 1.29 is 0 Å². The summed E-state index contributed by atoms with van der Waals surface area (Å²) in [6.07, 6.45) is 0. The van der Waals surface area contributed by atoms with Crippen LogP contribution in [0.4, 0.5) is 0 Å². The van der Waals surface area contributed by atoms with Crippen LogP contribution in [0.15, 0.2) is 66.7 Å². The zero-order valence-corrected chi connectivity index (χ0v) is 11.6. The molecule has 0 nitrogen and oxygen atoms in total. The molecule has 5 aromatic carbocycles. The van der Waals surface area contributed by atoms with Crippen LogP contribution in [0, 0.1) is 6.92 Å². The average molecular weight is 265 g/mol. The summed E-state index contributed by atoms with van der Waals surface area (Å²) in [5.74, 6) is 0. The van der Waals surface area contributed by atoms with Crippen LogP contribution < -0.4 is 0 Å². The van der Waals surface area contributed by atoms with Crippen molar-refractivity contribution in [2.75, 3.05) is 0 Å². The van der Waals surface area contributed by atoms with Crippen LogP contribution >= 0.6 is 0 Å². The first-order valence-corrected chi connectivity index (χ1v) is 7.23. The minimum absolute atomic E-state index is 1.07. The van der Waals surface area contributed by atoms with Gasteiger partial charge in [-0.05, 0) is 38.4 Å². The van der Waals surface area contributed by atoms with E-state index in [0.29, 0.717) is 0 Å². The lowest BCUT2D eigenvalue weighted by atomic mass is 9.91. The molecule has 0 saturated heterocycles. The summed E-state index contributed by atoms with van der Waals surface area (Å²) >= 11 is 0. The number of hydrogen-bond acceptors (Lipinski definition) is 0. The quantitative estimate of drug-likeness (QED) is 0.185. The molecular weight excluding hydrogens is 252 g/mol. The van der Waals surface area contributed by atoms with E-state index in [4.69, 9.17) is 0 Å². The summed E-state index contributed by atoms with van der Waals surface area (Å²) < 4.78 is 0. The van der Waals surface area contributed by atoms with Crippen molar-refractivity contribution >= 4 is 43.1 Å². The highest BCUT2D eigenvalue weighted by atomic mass is 14.1. The maximum Gasteiger partial charge on any atom is 0.127 e. The molecule has 0 aliphatic carbocycles. The Morgan fingerprint density at radius 3 is 2.10 bits per heavy atom. The van der Waals surface area contributed by atoms with Crippen LogP contribution in [0.25, 0.3) is 43.1 Å². The van der Waals surface area contributed by atoms with Gasteiger partial charge in [0.1, 0.15) is 5.56 Å². The average Bonchev–Trinajstić information content (AvgIpc) is 2.51. The molecule has 0 bridgehead atoms. The van der Waals surface area contributed by atoms with Crippen molar-refractivity contribution in [2.24, 2.45) is 0 Å². The summed E-state index contributed by atoms with van der Waals surface area (Å²) in [6.45, 7) is 4.05. The second-order valence-electron chi connectivity index (χ2n) is 5.79. The van der Waals surface area contributed by atoms with Crippen molar-refractivity contribution in [1.82, 2.24) is 0 Å². The van der Waals surface area contributed by atoms with E-state index in [1.807, 2.05) is 0 Å². The highest BCUT2D eigenvalue weighted by Gasteiger charge is 2.12. The Bertz CT molecular complexity index is 1120. The van der Waals surface area contributed by atoms with E-state index in [2.05, 4.69) is 73.7 Å². The van der Waals surface area contributed by atoms with E-state index in [0.717, 1.165) is 5.56 Å². The van der Waals surface area contributed by atoms with Gasteiger partial charge in [-0.2, -0.15) is 0 Å². The van der Waals surface area contributed by atoms with Gasteiger partial charge in [-0.3, -0.25) is 0 Å². The Labute approximate surface area is 123 Å². The number of fused-ring (bicyclic) bond motifs is 2. The summed E-state index contributed by atoms with van der Waals surface area (Å²) in [5, 5.41) is 10.6. The van der Waals surface area contributed by atoms with Crippen LogP contribution in [0.2, 0.25) is 0 Å². The first-order chi connectivity index (χ1) is 10.3. The van der Waals surface area contributed by atoms with Gasteiger partial charge in [0.2, 0.25) is 0 Å². The highest BCUT2D eigenvalue weighted by molar-refractivity contribution is 6.28. The van der Waals surface area contributed by atoms with Crippen molar-refractivity contribution in [3.8, 4) is 0 Å². The Morgan fingerprint density at radius 2 is 1.24 bits per heavy atom. The molecule has 0 atom stereocenters. The zero-order valence-electron chi connectivity index (χ0n) is 11.6. The molecule has 0 aliphatic rings. The van der Waals surface area contributed by atoms with Gasteiger partial charge in [0.05, 0.1) is 6.07 Å². The molecule has 0 N–H and O–H groups in total. The third kappa shape index (κ3) is 1.37. The molecule has 0 heteroatoms. The molecule has 0 aliphatic heterocycles. The van der Waals surface area contributed by atoms with E-state index in [1.54, 1.807) is 0 Å². The van der Waals surface area contributed by atoms with Gasteiger partial charge in [-0.25, -0.2) is 0 Å². The molecule has 0 radical (unpaired) electrons. The Balaban J connectivity index is 2.18. The summed E-state index contributed by atoms with van der Waals surface area (Å²) in [6, 6.07) is 24.2. The highest BCUT2D eigenvalue weighted by Crippen LogP contribution is 2.38. The fraction of sp³-hybridized carbons (Fsp3) is 0. The topological polar surface area (TPSA) is 0 Å². The minimum atomic E-state index is 1.07. The third-order valence-corrected chi connectivity index (χ3v) is 4.53. The van der Waals surface area contributed by atoms with Gasteiger partial charge in [0.25, 0.3) is 0 Å². The van der Waals surface area contributed by atoms with Crippen molar-refractivity contribution in [1.29, 1.82) is 0 Å². The lowest BCUT2D eigenvalue weighted by Gasteiger charge is -2.12. The van der Waals surface area contributed by atoms with E-state index in [9.17, 15) is 0 Å². The van der Waals surface area contributed by atoms with E-state index < -0.39 is 0 Å². The first-order valence-electron chi connectivity index (χ1n) is 7.23. The summed E-state index contributed by atoms with van der Waals surface area (Å²) in [7, 11) is 0. The first kappa shape index (κ1) is 11.0. The maximum atomic E-state index is 4.05. The molecule has 0 heterocycles. The molecular formula is C21H13+. The van der Waals surface area contributed by atoms with Crippen LogP contribution in [0.3, 0.4) is 0 Å². The standard InChI is InChI=1S/C21H13/c1-13-5-9-18-17(11-13)12-16-7-6-14-3-2-4-15-8-10-19(18)21(16)20(14)15/h2-12H,1H2/q+1. The number of benzene rings is 5. The van der Waals surface area contributed by atoms with Crippen LogP contribution in [0.5, 0.6) is 0 Å². The molecule has 96 valence electrons. The van der Waals surface area contributed by atoms with Gasteiger partial charge < -0.3 is 0 Å². The van der Waals surface area contributed by atoms with Crippen LogP contribution in [0.1, 0.15) is 5.56 Å². The minimum Gasteiger partial charge on any atom is -0.0610 e. The number of rotatable bonds is 0. The van der Waals surface area contributed by atoms with Gasteiger partial charge in [-0.1, -0.05) is 42.5 Å². The fourth-order valence-electron chi connectivity index (χ4n) is 3.60. The Hall–Kier alpha value is -2.73. The van der Waals surface area contributed by atoms with Gasteiger partial charge >= 0.3 is 0 Å². The van der Waals surface area contributed by atoms with Crippen molar-refractivity contribution in [3.63, 3.8) is 0 Å². The molecule has 21 heavy (non-hydrogen) atoms. The second kappa shape index (κ2) is 3.67. The fourth-order valence-corrected chi connectivity index (χ4v) is 3.60. The summed E-state index contributed by atoms with van der Waals surface area (Å²) in [5.41, 5.74) is 1.07. The smallest absolute Gasteiger partial charge is 0.0610 e. The molecule has 5 aromatic rings. The second-order valence-corrected chi connectivity index (χ2v) is 5.79. The SMILES string of the molecule is [CH2+]c1ccc2c(c1)cc1ccc3cccc4ccc2c1c34. The van der Waals surface area contributed by atoms with Crippen LogP contribution in [-0.2, 0) is 0 Å². The Kier molecular flexibility index (Phi) is 1.92. The molecule has 0 fully saturated rings. The van der Waals surface area contributed by atoms with Gasteiger partial charge in [0.15, 0.2) is 0 Å². The van der Waals surface area contributed by atoms with E-state index in [1.165, 1.54) is 43.1 Å². The lowest BCUT2D eigenvalue weighted by molar-refractivity contribution is 1.69. The maximum absolute atomic E-state index is 4.05. The molecule has 0 unspecified atom stereocenters. The van der Waals surface area contributed by atoms with Gasteiger partial charge in [-0.15, -0.1) is 0 Å². The molecule has 0 spiro atoms. The molecule has 0 aromatic heterocycles. The molecule has 0 amide bonds. The lowest BCUT2D eigenvalue weighted by Crippen LogP contribution is -1.85. The van der Waals surface area contributed by atoms with Crippen LogP contribution in [-0.4, -0.2) is 0 Å². The summed E-state index contributed by atoms with van der Waals surface area (Å²) in [4.78, 5) is 0. The zero-order chi connectivity index (χ0) is 14.0. The largest absolute Gasteiger partial charge is 0.127 e. The van der Waals surface area contributed by atoms with Crippen molar-refractivity contribution in [2.45, 2.75) is 0 Å². The monoisotopic (exact) mass is 265 g/mol. The predicted octanol–water partition coefficient (Wildman–Crippen LogP) is 5.92. The van der Waals surface area contributed by atoms with E-state index >= 15 is 0 Å². The predicted molar refractivity (Wildman–Crippen MR) is 92.1 cm³/mol. The third-order valence-electron chi connectivity index (χ3n) is 4.53. The number of hydrogen-bond donors (Lipinski definition) is 0. The van der Waals surface area contributed by atoms with Gasteiger partial charge in [0, 0.05) is 29.8 Å². The molecule has 0 saturated carbocycles. The van der Waals surface area contributed by atoms with E-state index in [-0.39, 0.29) is 0 Å².